The number of nitrogens with zero attached hydrogens (tertiary/aromatic N) is 4. The molecule has 29 heavy (non-hydrogen) atoms. The van der Waals surface area contributed by atoms with Crippen LogP contribution < -0.4 is 5.32 Å². The Morgan fingerprint density at radius 3 is 2.79 bits per heavy atom. The molecule has 3 atom stereocenters. The van der Waals surface area contributed by atoms with Crippen molar-refractivity contribution in [3.63, 3.8) is 0 Å². The number of anilines is 1. The summed E-state index contributed by atoms with van der Waals surface area (Å²) in [6.45, 7) is 1.71. The summed E-state index contributed by atoms with van der Waals surface area (Å²) >= 11 is 3.19. The molecule has 0 radical (unpaired) electrons. The molecule has 2 aliphatic rings. The zero-order chi connectivity index (χ0) is 21.0. The molecule has 2 fully saturated rings. The lowest BCUT2D eigenvalue weighted by molar-refractivity contribution is -0.187. The lowest BCUT2D eigenvalue weighted by Crippen LogP contribution is -2.50. The van der Waals surface area contributed by atoms with E-state index in [1.54, 1.807) is 19.1 Å². The van der Waals surface area contributed by atoms with E-state index in [1.165, 1.54) is 0 Å². The van der Waals surface area contributed by atoms with Gasteiger partial charge < -0.3 is 14.6 Å². The second kappa shape index (κ2) is 6.78. The average Bonchev–Trinajstić information content (AvgIpc) is 2.98. The number of pyridine rings is 1. The number of aromatic nitrogens is 3. The van der Waals surface area contributed by atoms with Gasteiger partial charge in [0.05, 0.1) is 0 Å². The molecule has 8 nitrogen and oxygen atoms in total. The van der Waals surface area contributed by atoms with Crippen LogP contribution >= 0.6 is 15.9 Å². The van der Waals surface area contributed by atoms with Crippen LogP contribution in [0.5, 0.6) is 0 Å². The van der Waals surface area contributed by atoms with Crippen LogP contribution in [0.15, 0.2) is 27.5 Å². The van der Waals surface area contributed by atoms with Crippen LogP contribution in [0.3, 0.4) is 0 Å². The van der Waals surface area contributed by atoms with Crippen molar-refractivity contribution in [2.45, 2.75) is 44.4 Å². The molecule has 1 aliphatic heterocycles. The van der Waals surface area contributed by atoms with Gasteiger partial charge in [0.1, 0.15) is 16.5 Å². The summed E-state index contributed by atoms with van der Waals surface area (Å²) in [5.41, 5.74) is -0.0474. The number of amides is 2. The molecule has 2 aromatic heterocycles. The molecule has 1 saturated carbocycles. The lowest BCUT2D eigenvalue weighted by atomic mass is 9.95. The number of nitrogens with one attached hydrogen (secondary N) is 1. The number of aryl methyl sites for hydroxylation is 1. The van der Waals surface area contributed by atoms with Crippen molar-refractivity contribution in [3.05, 3.63) is 34.6 Å². The van der Waals surface area contributed by atoms with E-state index >= 15 is 0 Å². The summed E-state index contributed by atoms with van der Waals surface area (Å²) < 4.78 is 45.1. The maximum atomic E-state index is 13.2. The number of hydrogen-bond donors (Lipinski definition) is 1. The largest absolute Gasteiger partial charge is 0.471 e. The first-order valence-electron chi connectivity index (χ1n) is 8.69. The molecular weight excluding hydrogens is 459 g/mol. The minimum Gasteiger partial charge on any atom is -0.428 e. The molecule has 4 rings (SSSR count). The van der Waals surface area contributed by atoms with Crippen molar-refractivity contribution in [3.8, 4) is 0 Å². The van der Waals surface area contributed by atoms with Gasteiger partial charge in [0.2, 0.25) is 18.2 Å². The van der Waals surface area contributed by atoms with Gasteiger partial charge in [-0.05, 0) is 47.3 Å². The van der Waals surface area contributed by atoms with E-state index in [0.717, 1.165) is 6.39 Å². The number of hydrogen-bond acceptors (Lipinski definition) is 6. The molecule has 0 aromatic carbocycles. The van der Waals surface area contributed by atoms with Crippen molar-refractivity contribution in [1.82, 2.24) is 20.1 Å². The standard InChI is InChI=1S/C17H15BrF3N5O3/c1-8-2-3-11(18)23-13(8)24-14(27)9-4-16(6-12-25-22-7-29-12)5-10(16)26(9)15(28)17(19,20)21/h2-3,7,9-10H,4-6H2,1H3,(H,23,24,27)/t9-,10+,16-/m0/s1. The molecule has 0 spiro atoms. The van der Waals surface area contributed by atoms with Crippen molar-refractivity contribution in [2.24, 2.45) is 5.41 Å². The summed E-state index contributed by atoms with van der Waals surface area (Å²) in [5.74, 6) is -2.26. The molecule has 12 heteroatoms. The molecule has 0 bridgehead atoms. The fraction of sp³-hybridized carbons (Fsp3) is 0.471. The average molecular weight is 474 g/mol. The van der Waals surface area contributed by atoms with Crippen LogP contribution in [-0.2, 0) is 16.0 Å². The minimum atomic E-state index is -5.08. The summed E-state index contributed by atoms with van der Waals surface area (Å²) in [6, 6.07) is 1.39. The molecule has 154 valence electrons. The summed E-state index contributed by atoms with van der Waals surface area (Å²) in [5, 5.41) is 9.89. The number of halogens is 4. The van der Waals surface area contributed by atoms with E-state index < -0.39 is 35.5 Å². The van der Waals surface area contributed by atoms with E-state index in [-0.39, 0.29) is 24.6 Å². The Labute approximate surface area is 171 Å². The van der Waals surface area contributed by atoms with Gasteiger partial charge in [-0.25, -0.2) is 4.98 Å². The maximum Gasteiger partial charge on any atom is 0.471 e. The summed E-state index contributed by atoms with van der Waals surface area (Å²) in [4.78, 5) is 29.7. The van der Waals surface area contributed by atoms with Gasteiger partial charge in [-0.3, -0.25) is 9.59 Å². The third-order valence-corrected chi connectivity index (χ3v) is 5.85. The number of carbonyl (C=O) groups excluding carboxylic acids is 2. The van der Waals surface area contributed by atoms with Crippen LogP contribution in [0.2, 0.25) is 0 Å². The van der Waals surface area contributed by atoms with E-state index in [4.69, 9.17) is 4.42 Å². The first-order chi connectivity index (χ1) is 13.6. The second-order valence-corrected chi connectivity index (χ2v) is 8.12. The number of rotatable bonds is 4. The van der Waals surface area contributed by atoms with Crippen LogP contribution in [0.1, 0.15) is 24.3 Å². The lowest BCUT2D eigenvalue weighted by Gasteiger charge is -2.27. The number of likely N-dealkylation sites (tertiary alicyclic amines) is 1. The fourth-order valence-electron chi connectivity index (χ4n) is 3.96. The predicted octanol–water partition coefficient (Wildman–Crippen LogP) is 2.64. The summed E-state index contributed by atoms with van der Waals surface area (Å²) in [6.07, 6.45) is -3.33. The number of fused-ring (bicyclic) bond motifs is 1. The Morgan fingerprint density at radius 2 is 2.14 bits per heavy atom. The molecule has 2 amide bonds. The topological polar surface area (TPSA) is 101 Å². The molecular formula is C17H15BrF3N5O3. The first kappa shape index (κ1) is 19.8. The Kier molecular flexibility index (Phi) is 4.63. The number of alkyl halides is 3. The summed E-state index contributed by atoms with van der Waals surface area (Å²) in [7, 11) is 0. The molecule has 1 aliphatic carbocycles. The van der Waals surface area contributed by atoms with E-state index in [9.17, 15) is 22.8 Å². The van der Waals surface area contributed by atoms with Gasteiger partial charge in [0.25, 0.3) is 0 Å². The van der Waals surface area contributed by atoms with Crippen molar-refractivity contribution >= 4 is 33.6 Å². The van der Waals surface area contributed by atoms with Gasteiger partial charge >= 0.3 is 12.1 Å². The van der Waals surface area contributed by atoms with E-state index in [0.29, 0.717) is 21.5 Å². The fourth-order valence-corrected chi connectivity index (χ4v) is 4.27. The van der Waals surface area contributed by atoms with Gasteiger partial charge in [-0.2, -0.15) is 13.2 Å². The third kappa shape index (κ3) is 3.61. The molecule has 1 N–H and O–H groups in total. The Hall–Kier alpha value is -2.50. The van der Waals surface area contributed by atoms with Gasteiger partial charge in [-0.15, -0.1) is 10.2 Å². The molecule has 1 saturated heterocycles. The zero-order valence-corrected chi connectivity index (χ0v) is 16.6. The van der Waals surface area contributed by atoms with Crippen molar-refractivity contribution < 1.29 is 27.2 Å². The molecule has 2 aromatic rings. The van der Waals surface area contributed by atoms with Crippen molar-refractivity contribution in [2.75, 3.05) is 5.32 Å². The Bertz CT molecular complexity index is 968. The quantitative estimate of drug-likeness (QED) is 0.684. The van der Waals surface area contributed by atoms with Gasteiger partial charge in [0, 0.05) is 17.9 Å². The SMILES string of the molecule is Cc1ccc(Br)nc1NC(=O)[C@@H]1C[C@@]2(Cc3nnco3)C[C@H]2N1C(=O)C(F)(F)F. The monoisotopic (exact) mass is 473 g/mol. The van der Waals surface area contributed by atoms with Crippen LogP contribution in [0.4, 0.5) is 19.0 Å². The minimum absolute atomic E-state index is 0.0702. The second-order valence-electron chi connectivity index (χ2n) is 7.31. The predicted molar refractivity (Wildman–Crippen MR) is 95.4 cm³/mol. The van der Waals surface area contributed by atoms with E-state index in [1.807, 2.05) is 0 Å². The maximum absolute atomic E-state index is 13.2. The highest BCUT2D eigenvalue weighted by Crippen LogP contribution is 2.61. The normalized spacial score (nSPS) is 25.6. The van der Waals surface area contributed by atoms with Gasteiger partial charge in [0.15, 0.2) is 0 Å². The van der Waals surface area contributed by atoms with Crippen LogP contribution in [-0.4, -0.2) is 50.2 Å². The smallest absolute Gasteiger partial charge is 0.428 e. The van der Waals surface area contributed by atoms with Crippen molar-refractivity contribution in [1.29, 1.82) is 0 Å². The van der Waals surface area contributed by atoms with Crippen LogP contribution in [0, 0.1) is 12.3 Å². The van der Waals surface area contributed by atoms with E-state index in [2.05, 4.69) is 36.4 Å². The highest BCUT2D eigenvalue weighted by Gasteiger charge is 2.69. The Morgan fingerprint density at radius 1 is 1.38 bits per heavy atom. The third-order valence-electron chi connectivity index (χ3n) is 5.41. The highest BCUT2D eigenvalue weighted by atomic mass is 79.9. The van der Waals surface area contributed by atoms with Crippen LogP contribution in [0.25, 0.3) is 0 Å². The van der Waals surface area contributed by atoms with Gasteiger partial charge in [-0.1, -0.05) is 6.07 Å². The molecule has 3 heterocycles. The highest BCUT2D eigenvalue weighted by molar-refractivity contribution is 9.10. The number of carbonyl (C=O) groups is 2. The molecule has 0 unspecified atom stereocenters. The number of piperidine rings is 1. The Balaban J connectivity index is 1.60. The zero-order valence-electron chi connectivity index (χ0n) is 15.0. The first-order valence-corrected chi connectivity index (χ1v) is 9.48.